The molecule has 0 aliphatic heterocycles. The molecule has 0 aliphatic carbocycles. The van der Waals surface area contributed by atoms with Crippen molar-refractivity contribution >= 4 is 27.9 Å². The molecule has 0 aliphatic rings. The first kappa shape index (κ1) is 32.1. The van der Waals surface area contributed by atoms with E-state index in [0.717, 1.165) is 37.3 Å². The number of methoxy groups -OCH3 is 1. The van der Waals surface area contributed by atoms with Crippen molar-refractivity contribution in [2.75, 3.05) is 19.5 Å². The van der Waals surface area contributed by atoms with E-state index in [1.807, 2.05) is 0 Å². The van der Waals surface area contributed by atoms with Crippen molar-refractivity contribution in [1.29, 1.82) is 0 Å². The van der Waals surface area contributed by atoms with E-state index in [-0.39, 0.29) is 23.7 Å². The van der Waals surface area contributed by atoms with Crippen molar-refractivity contribution in [2.24, 2.45) is 0 Å². The van der Waals surface area contributed by atoms with Gasteiger partial charge in [0.2, 0.25) is 0 Å². The van der Waals surface area contributed by atoms with Gasteiger partial charge >= 0.3 is 11.9 Å². The number of hydrogen-bond donors (Lipinski definition) is 2. The highest BCUT2D eigenvalue weighted by Crippen LogP contribution is 2.21. The SMILES string of the molecule is COc1ccc(CS(=O)(=O)CCCCCCCOc2ccc(COc3cccc(C(=O)O)c3)nc2C=CC(=O)O)cc1. The van der Waals surface area contributed by atoms with Gasteiger partial charge in [0.05, 0.1) is 36.5 Å². The molecule has 2 N–H and O–H groups in total. The van der Waals surface area contributed by atoms with E-state index >= 15 is 0 Å². The molecule has 0 bridgehead atoms. The van der Waals surface area contributed by atoms with Crippen LogP contribution in [0.5, 0.6) is 17.2 Å². The molecule has 3 aromatic rings. The number of rotatable bonds is 18. The third-order valence-corrected chi connectivity index (χ3v) is 7.88. The van der Waals surface area contributed by atoms with E-state index in [1.54, 1.807) is 55.6 Å². The fraction of sp³-hybridized carbons (Fsp3) is 0.323. The average Bonchev–Trinajstić information content (AvgIpc) is 2.97. The van der Waals surface area contributed by atoms with Gasteiger partial charge in [-0.15, -0.1) is 0 Å². The molecule has 0 atom stereocenters. The summed E-state index contributed by atoms with van der Waals surface area (Å²) in [4.78, 5) is 26.7. The number of carbonyl (C=O) groups is 2. The lowest BCUT2D eigenvalue weighted by Crippen LogP contribution is -2.09. The Morgan fingerprint density at radius 1 is 0.881 bits per heavy atom. The molecule has 0 amide bonds. The molecule has 224 valence electrons. The first-order valence-electron chi connectivity index (χ1n) is 13.5. The Kier molecular flexibility index (Phi) is 12.4. The quantitative estimate of drug-likeness (QED) is 0.144. The van der Waals surface area contributed by atoms with Gasteiger partial charge in [0.15, 0.2) is 9.84 Å². The Labute approximate surface area is 245 Å². The van der Waals surface area contributed by atoms with Crippen LogP contribution in [0, 0.1) is 0 Å². The number of aromatic nitrogens is 1. The van der Waals surface area contributed by atoms with Gasteiger partial charge in [-0.3, -0.25) is 0 Å². The molecule has 2 aromatic carbocycles. The lowest BCUT2D eigenvalue weighted by atomic mass is 10.2. The molecule has 3 rings (SSSR count). The predicted molar refractivity (Wildman–Crippen MR) is 158 cm³/mol. The van der Waals surface area contributed by atoms with Crippen LogP contribution in [0.3, 0.4) is 0 Å². The number of sulfone groups is 1. The van der Waals surface area contributed by atoms with Crippen LogP contribution in [0.4, 0.5) is 0 Å². The summed E-state index contributed by atoms with van der Waals surface area (Å²) in [7, 11) is -1.62. The fourth-order valence-electron chi connectivity index (χ4n) is 4.04. The number of carboxylic acid groups (broad SMARTS) is 2. The van der Waals surface area contributed by atoms with E-state index in [1.165, 1.54) is 18.2 Å². The average molecular weight is 598 g/mol. The molecule has 0 fully saturated rings. The summed E-state index contributed by atoms with van der Waals surface area (Å²) in [6.45, 7) is 0.441. The third kappa shape index (κ3) is 11.2. The molecule has 0 radical (unpaired) electrons. The Bertz CT molecular complexity index is 1470. The van der Waals surface area contributed by atoms with E-state index in [0.29, 0.717) is 41.7 Å². The maximum absolute atomic E-state index is 12.4. The van der Waals surface area contributed by atoms with Crippen molar-refractivity contribution in [2.45, 2.75) is 44.5 Å². The highest BCUT2D eigenvalue weighted by atomic mass is 32.2. The summed E-state index contributed by atoms with van der Waals surface area (Å²) in [6, 6.07) is 16.5. The summed E-state index contributed by atoms with van der Waals surface area (Å²) >= 11 is 0. The zero-order chi connectivity index (χ0) is 30.4. The number of aliphatic carboxylic acids is 1. The summed E-state index contributed by atoms with van der Waals surface area (Å²) in [5.74, 6) is -0.546. The van der Waals surface area contributed by atoms with Crippen molar-refractivity contribution in [3.05, 3.63) is 89.3 Å². The summed E-state index contributed by atoms with van der Waals surface area (Å²) in [6.07, 6.45) is 6.17. The lowest BCUT2D eigenvalue weighted by Gasteiger charge is -2.11. The van der Waals surface area contributed by atoms with Crippen LogP contribution in [0.15, 0.2) is 66.7 Å². The van der Waals surface area contributed by atoms with Gasteiger partial charge in [0.1, 0.15) is 29.5 Å². The smallest absolute Gasteiger partial charge is 0.335 e. The number of unbranched alkanes of at least 4 members (excludes halogenated alkanes) is 4. The number of pyridine rings is 1. The number of ether oxygens (including phenoxy) is 3. The van der Waals surface area contributed by atoms with Crippen LogP contribution in [0.25, 0.3) is 6.08 Å². The largest absolute Gasteiger partial charge is 0.497 e. The monoisotopic (exact) mass is 597 g/mol. The summed E-state index contributed by atoms with van der Waals surface area (Å²) in [5.41, 5.74) is 1.69. The third-order valence-electron chi connectivity index (χ3n) is 6.20. The van der Waals surface area contributed by atoms with Crippen molar-refractivity contribution < 1.29 is 42.4 Å². The van der Waals surface area contributed by atoms with Gasteiger partial charge in [0.25, 0.3) is 0 Å². The minimum absolute atomic E-state index is 0.0142. The van der Waals surface area contributed by atoms with Crippen molar-refractivity contribution in [3.8, 4) is 17.2 Å². The second-order valence-electron chi connectivity index (χ2n) is 9.54. The molecular weight excluding hydrogens is 562 g/mol. The molecule has 42 heavy (non-hydrogen) atoms. The Hall–Kier alpha value is -4.38. The van der Waals surface area contributed by atoms with Crippen LogP contribution in [0.2, 0.25) is 0 Å². The highest BCUT2D eigenvalue weighted by Gasteiger charge is 2.12. The van der Waals surface area contributed by atoms with Gasteiger partial charge in [0, 0.05) is 6.08 Å². The van der Waals surface area contributed by atoms with Crippen molar-refractivity contribution in [3.63, 3.8) is 0 Å². The minimum atomic E-state index is -3.19. The Morgan fingerprint density at radius 3 is 2.33 bits per heavy atom. The first-order chi connectivity index (χ1) is 20.1. The molecule has 0 saturated carbocycles. The van der Waals surface area contributed by atoms with E-state index in [2.05, 4.69) is 4.98 Å². The normalized spacial score (nSPS) is 11.4. The lowest BCUT2D eigenvalue weighted by molar-refractivity contribution is -0.131. The van der Waals surface area contributed by atoms with Crippen LogP contribution >= 0.6 is 0 Å². The van der Waals surface area contributed by atoms with Gasteiger partial charge in [-0.1, -0.05) is 37.5 Å². The van der Waals surface area contributed by atoms with E-state index < -0.39 is 21.8 Å². The minimum Gasteiger partial charge on any atom is -0.497 e. The summed E-state index contributed by atoms with van der Waals surface area (Å²) in [5, 5.41) is 18.2. The van der Waals surface area contributed by atoms with Crippen LogP contribution in [0.1, 0.15) is 59.4 Å². The molecular formula is C31H35NO9S. The fourth-order valence-corrected chi connectivity index (χ4v) is 5.53. The van der Waals surface area contributed by atoms with Crippen molar-refractivity contribution in [1.82, 2.24) is 4.98 Å². The van der Waals surface area contributed by atoms with Gasteiger partial charge in [-0.25, -0.2) is 23.0 Å². The second-order valence-corrected chi connectivity index (χ2v) is 11.7. The predicted octanol–water partition coefficient (Wildman–Crippen LogP) is 5.41. The maximum atomic E-state index is 12.4. The van der Waals surface area contributed by atoms with Crippen LogP contribution in [-0.4, -0.2) is 55.0 Å². The number of carboxylic acids is 2. The molecule has 0 spiro atoms. The topological polar surface area (TPSA) is 149 Å². The zero-order valence-electron chi connectivity index (χ0n) is 23.4. The van der Waals surface area contributed by atoms with E-state index in [4.69, 9.17) is 24.4 Å². The van der Waals surface area contributed by atoms with Gasteiger partial charge < -0.3 is 24.4 Å². The Balaban J connectivity index is 1.42. The molecule has 0 unspecified atom stereocenters. The van der Waals surface area contributed by atoms with Crippen LogP contribution in [-0.2, 0) is 27.0 Å². The van der Waals surface area contributed by atoms with Gasteiger partial charge in [-0.2, -0.15) is 0 Å². The molecule has 1 aromatic heterocycles. The zero-order valence-corrected chi connectivity index (χ0v) is 24.2. The maximum Gasteiger partial charge on any atom is 0.335 e. The number of benzene rings is 2. The van der Waals surface area contributed by atoms with Crippen LogP contribution < -0.4 is 14.2 Å². The summed E-state index contributed by atoms with van der Waals surface area (Å²) < 4.78 is 41.5. The standard InChI is InChI=1S/C31H35NO9S/c1-39-26-13-10-23(11-14-26)22-42(37,38)19-6-4-2-3-5-18-40-29-16-12-25(32-28(29)15-17-30(33)34)21-41-27-9-7-8-24(20-27)31(35)36/h7-17,20H,2-6,18-19,21-22H2,1H3,(H,33,34)(H,35,36). The molecule has 10 nitrogen and oxygen atoms in total. The number of hydrogen-bond acceptors (Lipinski definition) is 8. The molecule has 0 saturated heterocycles. The molecule has 1 heterocycles. The van der Waals surface area contributed by atoms with Gasteiger partial charge in [-0.05, 0) is 66.9 Å². The number of aromatic carboxylic acids is 1. The number of nitrogens with zero attached hydrogens (tertiary/aromatic N) is 1. The highest BCUT2D eigenvalue weighted by molar-refractivity contribution is 7.90. The second kappa shape index (κ2) is 16.2. The first-order valence-corrected chi connectivity index (χ1v) is 15.3. The molecule has 11 heteroatoms. The van der Waals surface area contributed by atoms with E-state index in [9.17, 15) is 18.0 Å². The Morgan fingerprint density at radius 2 is 1.62 bits per heavy atom.